The summed E-state index contributed by atoms with van der Waals surface area (Å²) in [5.41, 5.74) is 3.53. The highest BCUT2D eigenvalue weighted by Crippen LogP contribution is 2.19. The van der Waals surface area contributed by atoms with Crippen LogP contribution in [0.3, 0.4) is 0 Å². The van der Waals surface area contributed by atoms with Crippen molar-refractivity contribution in [2.45, 2.75) is 32.6 Å². The number of thiocarbonyl (C=S) groups is 1. The smallest absolute Gasteiger partial charge is 0.159 e. The van der Waals surface area contributed by atoms with Crippen molar-refractivity contribution in [3.05, 3.63) is 77.4 Å². The number of nitrogens with zero attached hydrogens (tertiary/aromatic N) is 3. The number of aromatic nitrogens is 2. The molecule has 0 saturated carbocycles. The van der Waals surface area contributed by atoms with Gasteiger partial charge in [0, 0.05) is 23.5 Å². The second kappa shape index (κ2) is 10.4. The van der Waals surface area contributed by atoms with Gasteiger partial charge in [0.2, 0.25) is 0 Å². The van der Waals surface area contributed by atoms with Crippen LogP contribution in [0.15, 0.2) is 59.9 Å². The van der Waals surface area contributed by atoms with Gasteiger partial charge in [-0.15, -0.1) is 0 Å². The lowest BCUT2D eigenvalue weighted by Crippen LogP contribution is -1.94. The Morgan fingerprint density at radius 3 is 2.41 bits per heavy atom. The predicted molar refractivity (Wildman–Crippen MR) is 118 cm³/mol. The minimum absolute atomic E-state index is 0.325. The molecule has 0 aliphatic heterocycles. The van der Waals surface area contributed by atoms with E-state index in [1.807, 2.05) is 12.4 Å². The van der Waals surface area contributed by atoms with E-state index < -0.39 is 5.82 Å². The molecule has 0 amide bonds. The lowest BCUT2D eigenvalue weighted by atomic mass is 10.1. The van der Waals surface area contributed by atoms with Crippen LogP contribution in [0, 0.1) is 17.7 Å². The molecule has 1 heterocycles. The fourth-order valence-corrected chi connectivity index (χ4v) is 2.88. The summed E-state index contributed by atoms with van der Waals surface area (Å²) >= 11 is 4.57. The summed E-state index contributed by atoms with van der Waals surface area (Å²) in [4.78, 5) is 12.6. The summed E-state index contributed by atoms with van der Waals surface area (Å²) in [5.74, 6) is 5.93. The average Bonchev–Trinajstić information content (AvgIpc) is 2.75. The molecule has 0 aliphatic rings. The van der Waals surface area contributed by atoms with Crippen LogP contribution in [0.5, 0.6) is 0 Å². The first-order chi connectivity index (χ1) is 14.2. The molecule has 3 aromatic rings. The minimum atomic E-state index is -0.396. The lowest BCUT2D eigenvalue weighted by molar-refractivity contribution is 0.624. The van der Waals surface area contributed by atoms with Crippen LogP contribution < -0.4 is 0 Å². The molecule has 1 aromatic heterocycles. The Morgan fingerprint density at radius 2 is 1.76 bits per heavy atom. The van der Waals surface area contributed by atoms with Gasteiger partial charge in [0.1, 0.15) is 5.82 Å². The first-order valence-electron chi connectivity index (χ1n) is 9.50. The number of unbranched alkanes of at least 4 members (excludes halogenated alkanes) is 2. The molecule has 5 heteroatoms. The van der Waals surface area contributed by atoms with Crippen molar-refractivity contribution in [1.82, 2.24) is 9.97 Å². The molecule has 0 atom stereocenters. The van der Waals surface area contributed by atoms with Gasteiger partial charge < -0.3 is 0 Å². The zero-order chi connectivity index (χ0) is 20.5. The van der Waals surface area contributed by atoms with E-state index in [9.17, 15) is 4.39 Å². The molecule has 3 nitrogen and oxygen atoms in total. The second-order valence-electron chi connectivity index (χ2n) is 6.57. The van der Waals surface area contributed by atoms with Crippen molar-refractivity contribution < 1.29 is 4.39 Å². The fraction of sp³-hybridized carbons (Fsp3) is 0.208. The zero-order valence-corrected chi connectivity index (χ0v) is 17.0. The Labute approximate surface area is 175 Å². The number of halogens is 1. The molecule has 0 spiro atoms. The van der Waals surface area contributed by atoms with E-state index in [2.05, 4.69) is 51.1 Å². The van der Waals surface area contributed by atoms with Crippen molar-refractivity contribution >= 4 is 23.1 Å². The summed E-state index contributed by atoms with van der Waals surface area (Å²) in [6.07, 6.45) is 8.11. The first kappa shape index (κ1) is 20.5. The normalized spacial score (nSPS) is 10.0. The van der Waals surface area contributed by atoms with Gasteiger partial charge in [0.15, 0.2) is 5.82 Å². The molecule has 2 aromatic carbocycles. The van der Waals surface area contributed by atoms with Crippen LogP contribution in [0.2, 0.25) is 0 Å². The van der Waals surface area contributed by atoms with Crippen LogP contribution in [-0.2, 0) is 6.42 Å². The number of aliphatic imine (C=N–C) groups is 1. The predicted octanol–water partition coefficient (Wildman–Crippen LogP) is 6.15. The molecule has 0 N–H and O–H groups in total. The number of rotatable bonds is 6. The van der Waals surface area contributed by atoms with E-state index in [0.29, 0.717) is 22.6 Å². The van der Waals surface area contributed by atoms with Crippen molar-refractivity contribution in [3.8, 4) is 23.2 Å². The molecule has 0 aliphatic carbocycles. The summed E-state index contributed by atoms with van der Waals surface area (Å²) in [5, 5.41) is 2.31. The molecule has 0 unspecified atom stereocenters. The van der Waals surface area contributed by atoms with E-state index in [0.717, 1.165) is 24.0 Å². The first-order valence-corrected chi connectivity index (χ1v) is 9.91. The topological polar surface area (TPSA) is 38.1 Å². The van der Waals surface area contributed by atoms with Crippen molar-refractivity contribution in [3.63, 3.8) is 0 Å². The number of aryl methyl sites for hydroxylation is 1. The number of hydrogen-bond donors (Lipinski definition) is 0. The molecule has 0 radical (unpaired) electrons. The van der Waals surface area contributed by atoms with E-state index in [1.165, 1.54) is 18.9 Å². The van der Waals surface area contributed by atoms with Crippen molar-refractivity contribution in [1.29, 1.82) is 0 Å². The third-order valence-electron chi connectivity index (χ3n) is 4.39. The Kier molecular flexibility index (Phi) is 7.35. The number of hydrogen-bond acceptors (Lipinski definition) is 4. The van der Waals surface area contributed by atoms with Gasteiger partial charge in [-0.05, 0) is 73.1 Å². The molecule has 29 heavy (non-hydrogen) atoms. The Bertz CT molecular complexity index is 1070. The van der Waals surface area contributed by atoms with Crippen LogP contribution in [0.1, 0.15) is 42.9 Å². The highest BCUT2D eigenvalue weighted by molar-refractivity contribution is 7.78. The third-order valence-corrected chi connectivity index (χ3v) is 4.48. The Hall–Kier alpha value is -3.19. The van der Waals surface area contributed by atoms with Gasteiger partial charge in [0.05, 0.1) is 16.4 Å². The maximum absolute atomic E-state index is 14.5. The summed E-state index contributed by atoms with van der Waals surface area (Å²) < 4.78 is 14.5. The molecule has 144 valence electrons. The Balaban J connectivity index is 1.73. The summed E-state index contributed by atoms with van der Waals surface area (Å²) in [7, 11) is 0. The number of benzene rings is 2. The van der Waals surface area contributed by atoms with Gasteiger partial charge in [-0.25, -0.2) is 14.4 Å². The molecule has 3 rings (SSSR count). The summed E-state index contributed by atoms with van der Waals surface area (Å²) in [6, 6.07) is 12.0. The monoisotopic (exact) mass is 401 g/mol. The minimum Gasteiger partial charge on any atom is -0.236 e. The SMILES string of the molecule is CCCCCc1cnc(-c2ccc(C#Cc3ccc(N=C=S)cc3)c(F)c2)nc1. The highest BCUT2D eigenvalue weighted by atomic mass is 32.1. The molecule has 0 bridgehead atoms. The van der Waals surface area contributed by atoms with Crippen molar-refractivity contribution in [2.24, 2.45) is 4.99 Å². The Morgan fingerprint density at radius 1 is 1.00 bits per heavy atom. The fourth-order valence-electron chi connectivity index (χ4n) is 2.78. The van der Waals surface area contributed by atoms with Gasteiger partial charge in [0.25, 0.3) is 0 Å². The zero-order valence-electron chi connectivity index (χ0n) is 16.2. The molecule has 0 fully saturated rings. The van der Waals surface area contributed by atoms with E-state index in [-0.39, 0.29) is 0 Å². The largest absolute Gasteiger partial charge is 0.236 e. The molecular formula is C24H20FN3S. The van der Waals surface area contributed by atoms with E-state index in [4.69, 9.17) is 0 Å². The summed E-state index contributed by atoms with van der Waals surface area (Å²) in [6.45, 7) is 2.18. The average molecular weight is 402 g/mol. The quantitative estimate of drug-likeness (QED) is 0.215. The second-order valence-corrected chi connectivity index (χ2v) is 6.75. The standard InChI is InChI=1S/C24H20FN3S/c1-2-3-4-5-19-15-26-24(27-16-19)21-11-10-20(23(25)14-21)9-6-18-7-12-22(13-8-18)28-17-29/h7-8,10-16H,2-5H2,1H3. The van der Waals surface area contributed by atoms with E-state index >= 15 is 0 Å². The van der Waals surface area contributed by atoms with Crippen LogP contribution in [-0.4, -0.2) is 15.1 Å². The third kappa shape index (κ3) is 5.89. The van der Waals surface area contributed by atoms with E-state index in [1.54, 1.807) is 36.4 Å². The van der Waals surface area contributed by atoms with Gasteiger partial charge in [-0.3, -0.25) is 0 Å². The maximum Gasteiger partial charge on any atom is 0.159 e. The molecular weight excluding hydrogens is 381 g/mol. The van der Waals surface area contributed by atoms with Gasteiger partial charge in [-0.2, -0.15) is 4.99 Å². The molecule has 0 saturated heterocycles. The maximum atomic E-state index is 14.5. The van der Waals surface area contributed by atoms with Crippen molar-refractivity contribution in [2.75, 3.05) is 0 Å². The number of isothiocyanates is 1. The van der Waals surface area contributed by atoms with Crippen LogP contribution >= 0.6 is 12.2 Å². The van der Waals surface area contributed by atoms with Gasteiger partial charge in [-0.1, -0.05) is 31.6 Å². The van der Waals surface area contributed by atoms with Gasteiger partial charge >= 0.3 is 0 Å². The highest BCUT2D eigenvalue weighted by Gasteiger charge is 2.06. The van der Waals surface area contributed by atoms with Crippen LogP contribution in [0.4, 0.5) is 10.1 Å². The lowest BCUT2D eigenvalue weighted by Gasteiger charge is -2.04. The van der Waals surface area contributed by atoms with Crippen LogP contribution in [0.25, 0.3) is 11.4 Å².